The molecule has 78 valence electrons. The van der Waals surface area contributed by atoms with Crippen LogP contribution in [0.5, 0.6) is 0 Å². The number of hydrogen-bond acceptors (Lipinski definition) is 2. The van der Waals surface area contributed by atoms with Crippen LogP contribution in [0.3, 0.4) is 0 Å². The summed E-state index contributed by atoms with van der Waals surface area (Å²) in [6.07, 6.45) is 0.835. The van der Waals surface area contributed by atoms with E-state index in [2.05, 4.69) is 5.32 Å². The Morgan fingerprint density at radius 3 is 2.38 bits per heavy atom. The molecule has 4 heteroatoms. The van der Waals surface area contributed by atoms with Crippen molar-refractivity contribution < 1.29 is 4.79 Å². The highest BCUT2D eigenvalue weighted by Crippen LogP contribution is 2.00. The van der Waals surface area contributed by atoms with Crippen LogP contribution in [0.2, 0.25) is 0 Å². The maximum absolute atomic E-state index is 11.4. The topological polar surface area (TPSA) is 58.4 Å². The van der Waals surface area contributed by atoms with Gasteiger partial charge in [0.2, 0.25) is 0 Å². The summed E-state index contributed by atoms with van der Waals surface area (Å²) in [5.74, 6) is 0. The van der Waals surface area contributed by atoms with Crippen molar-refractivity contribution in [3.05, 3.63) is 0 Å². The van der Waals surface area contributed by atoms with Crippen molar-refractivity contribution in [1.29, 1.82) is 0 Å². The van der Waals surface area contributed by atoms with Gasteiger partial charge in [-0.2, -0.15) is 0 Å². The van der Waals surface area contributed by atoms with Crippen molar-refractivity contribution in [2.75, 3.05) is 13.6 Å². The highest BCUT2D eigenvalue weighted by atomic mass is 16.2. The van der Waals surface area contributed by atoms with Gasteiger partial charge in [-0.15, -0.1) is 0 Å². The molecule has 0 saturated heterocycles. The van der Waals surface area contributed by atoms with Crippen LogP contribution in [-0.2, 0) is 0 Å². The number of amides is 2. The first kappa shape index (κ1) is 12.2. The van der Waals surface area contributed by atoms with E-state index in [9.17, 15) is 4.79 Å². The number of urea groups is 1. The first-order valence-electron chi connectivity index (χ1n) is 4.72. The third kappa shape index (κ3) is 4.72. The zero-order valence-corrected chi connectivity index (χ0v) is 9.00. The number of nitrogens with one attached hydrogen (secondary N) is 1. The number of nitrogens with zero attached hydrogens (tertiary/aromatic N) is 1. The van der Waals surface area contributed by atoms with E-state index in [0.717, 1.165) is 6.42 Å². The van der Waals surface area contributed by atoms with Crippen molar-refractivity contribution >= 4 is 6.03 Å². The summed E-state index contributed by atoms with van der Waals surface area (Å²) in [4.78, 5) is 13.1. The van der Waals surface area contributed by atoms with Gasteiger partial charge < -0.3 is 16.0 Å². The third-order valence-corrected chi connectivity index (χ3v) is 1.98. The van der Waals surface area contributed by atoms with Crippen LogP contribution < -0.4 is 11.1 Å². The van der Waals surface area contributed by atoms with Crippen molar-refractivity contribution in [2.24, 2.45) is 5.73 Å². The lowest BCUT2D eigenvalue weighted by molar-refractivity contribution is 0.189. The standard InChI is InChI=1S/C9H21N3O/c1-7(2)11-9(13)12(4)8(3)5-6-10/h7-8H,5-6,10H2,1-4H3,(H,11,13). The molecule has 0 radical (unpaired) electrons. The van der Waals surface area contributed by atoms with E-state index in [1.807, 2.05) is 20.8 Å². The Hall–Kier alpha value is -0.770. The average Bonchev–Trinajstić information content (AvgIpc) is 2.02. The van der Waals surface area contributed by atoms with E-state index in [0.29, 0.717) is 6.54 Å². The van der Waals surface area contributed by atoms with Gasteiger partial charge in [-0.1, -0.05) is 0 Å². The van der Waals surface area contributed by atoms with E-state index >= 15 is 0 Å². The summed E-state index contributed by atoms with van der Waals surface area (Å²) in [6.45, 7) is 6.49. The smallest absolute Gasteiger partial charge is 0.317 e. The fourth-order valence-corrected chi connectivity index (χ4v) is 0.984. The van der Waals surface area contributed by atoms with Crippen LogP contribution in [-0.4, -0.2) is 36.6 Å². The summed E-state index contributed by atoms with van der Waals surface area (Å²) in [5, 5.41) is 2.83. The molecule has 0 bridgehead atoms. The fraction of sp³-hybridized carbons (Fsp3) is 0.889. The molecule has 4 nitrogen and oxygen atoms in total. The second kappa shape index (κ2) is 5.80. The lowest BCUT2D eigenvalue weighted by Crippen LogP contribution is -2.45. The van der Waals surface area contributed by atoms with E-state index in [4.69, 9.17) is 5.73 Å². The van der Waals surface area contributed by atoms with Gasteiger partial charge in [0.05, 0.1) is 0 Å². The molecule has 0 aromatic rings. The molecule has 0 rings (SSSR count). The van der Waals surface area contributed by atoms with Crippen LogP contribution in [0.4, 0.5) is 4.79 Å². The Morgan fingerprint density at radius 2 is 2.00 bits per heavy atom. The molecule has 1 atom stereocenters. The van der Waals surface area contributed by atoms with Crippen molar-refractivity contribution in [1.82, 2.24) is 10.2 Å². The van der Waals surface area contributed by atoms with Crippen LogP contribution in [0.15, 0.2) is 0 Å². The zero-order valence-electron chi connectivity index (χ0n) is 9.00. The molecule has 0 aliphatic heterocycles. The van der Waals surface area contributed by atoms with Crippen LogP contribution in [0, 0.1) is 0 Å². The number of carbonyl (C=O) groups is 1. The molecule has 0 aliphatic rings. The lowest BCUT2D eigenvalue weighted by atomic mass is 10.2. The molecule has 0 aromatic heterocycles. The van der Waals surface area contributed by atoms with Crippen molar-refractivity contribution in [3.8, 4) is 0 Å². The maximum Gasteiger partial charge on any atom is 0.317 e. The molecule has 2 amide bonds. The Morgan fingerprint density at radius 1 is 1.46 bits per heavy atom. The van der Waals surface area contributed by atoms with E-state index in [1.165, 1.54) is 0 Å². The second-order valence-corrected chi connectivity index (χ2v) is 3.64. The summed E-state index contributed by atoms with van der Waals surface area (Å²) in [7, 11) is 1.79. The molecule has 13 heavy (non-hydrogen) atoms. The Balaban J connectivity index is 3.93. The molecule has 0 saturated carbocycles. The maximum atomic E-state index is 11.4. The van der Waals surface area contributed by atoms with Gasteiger partial charge in [0.15, 0.2) is 0 Å². The molecular weight excluding hydrogens is 166 g/mol. The second-order valence-electron chi connectivity index (χ2n) is 3.64. The van der Waals surface area contributed by atoms with Crippen LogP contribution in [0.1, 0.15) is 27.2 Å². The van der Waals surface area contributed by atoms with Gasteiger partial charge in [0.25, 0.3) is 0 Å². The van der Waals surface area contributed by atoms with Crippen molar-refractivity contribution in [2.45, 2.75) is 39.3 Å². The highest BCUT2D eigenvalue weighted by Gasteiger charge is 2.14. The van der Waals surface area contributed by atoms with Gasteiger partial charge in [0, 0.05) is 19.1 Å². The molecule has 0 fully saturated rings. The number of nitrogens with two attached hydrogens (primary N) is 1. The van der Waals surface area contributed by atoms with Gasteiger partial charge in [-0.05, 0) is 33.7 Å². The molecule has 0 aromatic carbocycles. The minimum Gasteiger partial charge on any atom is -0.336 e. The number of rotatable bonds is 4. The van der Waals surface area contributed by atoms with E-state index in [1.54, 1.807) is 11.9 Å². The SMILES string of the molecule is CC(C)NC(=O)N(C)C(C)CCN. The molecule has 3 N–H and O–H groups in total. The van der Waals surface area contributed by atoms with Gasteiger partial charge in [0.1, 0.15) is 0 Å². The summed E-state index contributed by atoms with van der Waals surface area (Å²) < 4.78 is 0. The monoisotopic (exact) mass is 187 g/mol. The number of hydrogen-bond donors (Lipinski definition) is 2. The third-order valence-electron chi connectivity index (χ3n) is 1.98. The van der Waals surface area contributed by atoms with Gasteiger partial charge in [-0.3, -0.25) is 0 Å². The molecule has 1 unspecified atom stereocenters. The average molecular weight is 187 g/mol. The minimum atomic E-state index is -0.0315. The van der Waals surface area contributed by atoms with Gasteiger partial charge >= 0.3 is 6.03 Å². The van der Waals surface area contributed by atoms with Crippen LogP contribution in [0.25, 0.3) is 0 Å². The molecular formula is C9H21N3O. The predicted octanol–water partition coefficient (Wildman–Crippen LogP) is 0.773. The summed E-state index contributed by atoms with van der Waals surface area (Å²) >= 11 is 0. The zero-order chi connectivity index (χ0) is 10.4. The van der Waals surface area contributed by atoms with Gasteiger partial charge in [-0.25, -0.2) is 4.79 Å². The number of carbonyl (C=O) groups excluding carboxylic acids is 1. The largest absolute Gasteiger partial charge is 0.336 e. The Kier molecular flexibility index (Phi) is 5.46. The van der Waals surface area contributed by atoms with Crippen LogP contribution >= 0.6 is 0 Å². The lowest BCUT2D eigenvalue weighted by Gasteiger charge is -2.25. The summed E-state index contributed by atoms with van der Waals surface area (Å²) in [5.41, 5.74) is 5.41. The molecule has 0 spiro atoms. The van der Waals surface area contributed by atoms with E-state index < -0.39 is 0 Å². The molecule has 0 heterocycles. The quantitative estimate of drug-likeness (QED) is 0.683. The highest BCUT2D eigenvalue weighted by molar-refractivity contribution is 5.74. The first-order chi connectivity index (χ1) is 5.99. The van der Waals surface area contributed by atoms with Crippen molar-refractivity contribution in [3.63, 3.8) is 0 Å². The first-order valence-corrected chi connectivity index (χ1v) is 4.72. The Labute approximate surface area is 80.5 Å². The molecule has 0 aliphatic carbocycles. The fourth-order valence-electron chi connectivity index (χ4n) is 0.984. The van der Waals surface area contributed by atoms with E-state index in [-0.39, 0.29) is 18.1 Å². The Bertz CT molecular complexity index is 159. The minimum absolute atomic E-state index is 0.0315. The normalized spacial score (nSPS) is 12.8. The summed E-state index contributed by atoms with van der Waals surface area (Å²) in [6, 6.07) is 0.347. The predicted molar refractivity (Wildman–Crippen MR) is 54.6 cm³/mol.